The highest BCUT2D eigenvalue weighted by Gasteiger charge is 2.15. The molecule has 0 saturated heterocycles. The van der Waals surface area contributed by atoms with Crippen molar-refractivity contribution in [3.63, 3.8) is 0 Å². The largest absolute Gasteiger partial charge is 0.309 e. The Labute approximate surface area is 128 Å². The lowest BCUT2D eigenvalue weighted by molar-refractivity contribution is 0.557. The molecule has 0 aliphatic heterocycles. The van der Waals surface area contributed by atoms with Gasteiger partial charge in [0.15, 0.2) is 0 Å². The first-order valence-corrected chi connectivity index (χ1v) is 8.72. The van der Waals surface area contributed by atoms with E-state index in [-0.39, 0.29) is 0 Å². The van der Waals surface area contributed by atoms with Crippen molar-refractivity contribution < 1.29 is 0 Å². The molecule has 2 aromatic heterocycles. The van der Waals surface area contributed by atoms with Gasteiger partial charge < -0.3 is 5.32 Å². The Morgan fingerprint density at radius 2 is 2.00 bits per heavy atom. The molecule has 0 aliphatic rings. The maximum atomic E-state index is 3.64. The van der Waals surface area contributed by atoms with E-state index in [0.717, 1.165) is 13.0 Å². The van der Waals surface area contributed by atoms with Crippen molar-refractivity contribution in [3.05, 3.63) is 57.8 Å². The van der Waals surface area contributed by atoms with Crippen LogP contribution >= 0.6 is 22.7 Å². The number of fused-ring (bicyclic) bond motifs is 1. The Bertz CT molecular complexity index is 667. The highest BCUT2D eigenvalue weighted by atomic mass is 32.1. The standard InChI is InChI=1S/C17H19NS2/c1-3-18-14(10-13-7-5-4-6-12(13)2)16-11-17-15(20-16)8-9-19-17/h4-9,11,14,18H,3,10H2,1-2H3. The summed E-state index contributed by atoms with van der Waals surface area (Å²) >= 11 is 3.76. The van der Waals surface area contributed by atoms with E-state index in [1.807, 2.05) is 22.7 Å². The summed E-state index contributed by atoms with van der Waals surface area (Å²) < 4.78 is 2.83. The van der Waals surface area contributed by atoms with Gasteiger partial charge in [0.2, 0.25) is 0 Å². The van der Waals surface area contributed by atoms with E-state index >= 15 is 0 Å². The lowest BCUT2D eigenvalue weighted by Gasteiger charge is -2.17. The van der Waals surface area contributed by atoms with Crippen LogP contribution in [0, 0.1) is 6.92 Å². The fourth-order valence-corrected chi connectivity index (χ4v) is 4.73. The monoisotopic (exact) mass is 301 g/mol. The molecule has 1 aromatic carbocycles. The van der Waals surface area contributed by atoms with Gasteiger partial charge in [-0.2, -0.15) is 0 Å². The second-order valence-corrected chi connectivity index (χ2v) is 7.10. The zero-order valence-electron chi connectivity index (χ0n) is 11.8. The van der Waals surface area contributed by atoms with Crippen LogP contribution in [0.1, 0.15) is 29.0 Å². The minimum atomic E-state index is 0.422. The van der Waals surface area contributed by atoms with Crippen LogP contribution in [-0.4, -0.2) is 6.54 Å². The van der Waals surface area contributed by atoms with Gasteiger partial charge in [-0.05, 0) is 48.5 Å². The van der Waals surface area contributed by atoms with E-state index in [1.165, 1.54) is 25.4 Å². The Hall–Kier alpha value is -1.16. The summed E-state index contributed by atoms with van der Waals surface area (Å²) in [6, 6.07) is 13.7. The quantitative estimate of drug-likeness (QED) is 0.686. The summed E-state index contributed by atoms with van der Waals surface area (Å²) in [5.41, 5.74) is 2.82. The minimum absolute atomic E-state index is 0.422. The first kappa shape index (κ1) is 13.8. The Kier molecular flexibility index (Phi) is 4.20. The maximum absolute atomic E-state index is 3.64. The Balaban J connectivity index is 1.89. The summed E-state index contributed by atoms with van der Waals surface area (Å²) in [7, 11) is 0. The van der Waals surface area contributed by atoms with Gasteiger partial charge in [0.05, 0.1) is 0 Å². The number of aryl methyl sites for hydroxylation is 1. The number of nitrogens with one attached hydrogen (secondary N) is 1. The van der Waals surface area contributed by atoms with Gasteiger partial charge in [0.25, 0.3) is 0 Å². The third-order valence-corrected chi connectivity index (χ3v) is 5.84. The van der Waals surface area contributed by atoms with Gasteiger partial charge >= 0.3 is 0 Å². The maximum Gasteiger partial charge on any atom is 0.0456 e. The van der Waals surface area contributed by atoms with E-state index in [9.17, 15) is 0 Å². The van der Waals surface area contributed by atoms with Crippen LogP contribution < -0.4 is 5.32 Å². The summed E-state index contributed by atoms with van der Waals surface area (Å²) in [5.74, 6) is 0. The van der Waals surface area contributed by atoms with Gasteiger partial charge in [-0.1, -0.05) is 31.2 Å². The normalized spacial score (nSPS) is 12.9. The third-order valence-electron chi connectivity index (χ3n) is 3.64. The molecule has 20 heavy (non-hydrogen) atoms. The van der Waals surface area contributed by atoms with E-state index in [1.54, 1.807) is 0 Å². The lowest BCUT2D eigenvalue weighted by Crippen LogP contribution is -2.22. The van der Waals surface area contributed by atoms with Crippen molar-refractivity contribution in [2.45, 2.75) is 26.3 Å². The van der Waals surface area contributed by atoms with Crippen molar-refractivity contribution in [1.82, 2.24) is 5.32 Å². The molecule has 0 bridgehead atoms. The molecule has 1 unspecified atom stereocenters. The summed E-state index contributed by atoms with van der Waals surface area (Å²) in [6.45, 7) is 5.38. The van der Waals surface area contributed by atoms with E-state index < -0.39 is 0 Å². The lowest BCUT2D eigenvalue weighted by atomic mass is 10.0. The van der Waals surface area contributed by atoms with Crippen LogP contribution in [0.3, 0.4) is 0 Å². The van der Waals surface area contributed by atoms with Crippen molar-refractivity contribution in [2.24, 2.45) is 0 Å². The van der Waals surface area contributed by atoms with Gasteiger partial charge in [-0.15, -0.1) is 22.7 Å². The topological polar surface area (TPSA) is 12.0 Å². The molecular weight excluding hydrogens is 282 g/mol. The molecule has 104 valence electrons. The predicted octanol–water partition coefficient (Wildman–Crippen LogP) is 5.16. The smallest absolute Gasteiger partial charge is 0.0456 e. The molecule has 1 nitrogen and oxygen atoms in total. The van der Waals surface area contributed by atoms with Gasteiger partial charge in [0.1, 0.15) is 0 Å². The van der Waals surface area contributed by atoms with Gasteiger partial charge in [0, 0.05) is 20.3 Å². The zero-order chi connectivity index (χ0) is 13.9. The van der Waals surface area contributed by atoms with Crippen molar-refractivity contribution >= 4 is 32.1 Å². The molecule has 0 fully saturated rings. The van der Waals surface area contributed by atoms with E-state index in [4.69, 9.17) is 0 Å². The fourth-order valence-electron chi connectivity index (χ4n) is 2.53. The molecule has 2 heterocycles. The van der Waals surface area contributed by atoms with Crippen LogP contribution in [0.15, 0.2) is 41.8 Å². The van der Waals surface area contributed by atoms with Crippen LogP contribution in [0.25, 0.3) is 9.40 Å². The van der Waals surface area contributed by atoms with E-state index in [0.29, 0.717) is 6.04 Å². The molecule has 0 radical (unpaired) electrons. The molecule has 0 spiro atoms. The molecule has 1 N–H and O–H groups in total. The molecule has 1 atom stereocenters. The second-order valence-electron chi connectivity index (χ2n) is 5.04. The highest BCUT2D eigenvalue weighted by molar-refractivity contribution is 7.26. The summed E-state index contributed by atoms with van der Waals surface area (Å²) in [5, 5.41) is 5.82. The first-order valence-electron chi connectivity index (χ1n) is 7.02. The average Bonchev–Trinajstić information content (AvgIpc) is 3.01. The van der Waals surface area contributed by atoms with Crippen LogP contribution in [-0.2, 0) is 6.42 Å². The minimum Gasteiger partial charge on any atom is -0.309 e. The molecule has 0 saturated carbocycles. The van der Waals surface area contributed by atoms with Gasteiger partial charge in [-0.3, -0.25) is 0 Å². The predicted molar refractivity (Wildman–Crippen MR) is 91.0 cm³/mol. The molecule has 3 rings (SSSR count). The number of hydrogen-bond acceptors (Lipinski definition) is 3. The number of hydrogen-bond donors (Lipinski definition) is 1. The highest BCUT2D eigenvalue weighted by Crippen LogP contribution is 2.34. The van der Waals surface area contributed by atoms with E-state index in [2.05, 4.69) is 60.9 Å². The zero-order valence-corrected chi connectivity index (χ0v) is 13.5. The molecule has 0 amide bonds. The SMILES string of the molecule is CCNC(Cc1ccccc1C)c1cc2sccc2s1. The summed E-state index contributed by atoms with van der Waals surface area (Å²) in [4.78, 5) is 1.46. The van der Waals surface area contributed by atoms with Crippen molar-refractivity contribution in [1.29, 1.82) is 0 Å². The van der Waals surface area contributed by atoms with Crippen LogP contribution in [0.4, 0.5) is 0 Å². The molecule has 0 aliphatic carbocycles. The number of rotatable bonds is 5. The Morgan fingerprint density at radius 3 is 2.75 bits per heavy atom. The molecule has 3 heteroatoms. The summed E-state index contributed by atoms with van der Waals surface area (Å²) in [6.07, 6.45) is 1.06. The Morgan fingerprint density at radius 1 is 1.15 bits per heavy atom. The second kappa shape index (κ2) is 6.08. The van der Waals surface area contributed by atoms with Gasteiger partial charge in [-0.25, -0.2) is 0 Å². The number of likely N-dealkylation sites (N-methyl/N-ethyl adjacent to an activating group) is 1. The van der Waals surface area contributed by atoms with Crippen molar-refractivity contribution in [3.8, 4) is 0 Å². The first-order chi connectivity index (χ1) is 9.78. The van der Waals surface area contributed by atoms with Crippen molar-refractivity contribution in [2.75, 3.05) is 6.54 Å². The molecule has 3 aromatic rings. The number of thiophene rings is 2. The average molecular weight is 301 g/mol. The van der Waals surface area contributed by atoms with Crippen LogP contribution in [0.5, 0.6) is 0 Å². The third kappa shape index (κ3) is 2.80. The number of benzene rings is 1. The fraction of sp³-hybridized carbons (Fsp3) is 0.294. The van der Waals surface area contributed by atoms with Crippen LogP contribution in [0.2, 0.25) is 0 Å². The molecular formula is C17H19NS2.